The van der Waals surface area contributed by atoms with E-state index >= 15 is 0 Å². The highest BCUT2D eigenvalue weighted by Crippen LogP contribution is 2.25. The summed E-state index contributed by atoms with van der Waals surface area (Å²) in [5, 5.41) is 16.0. The summed E-state index contributed by atoms with van der Waals surface area (Å²) >= 11 is 1.64. The van der Waals surface area contributed by atoms with E-state index in [0.717, 1.165) is 27.9 Å². The second kappa shape index (κ2) is 5.84. The zero-order valence-corrected chi connectivity index (χ0v) is 12.1. The lowest BCUT2D eigenvalue weighted by molar-refractivity contribution is -0.747. The van der Waals surface area contributed by atoms with Gasteiger partial charge in [0.25, 0.3) is 5.01 Å². The van der Waals surface area contributed by atoms with Crippen molar-refractivity contribution in [1.82, 2.24) is 5.10 Å². The van der Waals surface area contributed by atoms with Crippen molar-refractivity contribution in [2.45, 2.75) is 20.4 Å². The van der Waals surface area contributed by atoms with Gasteiger partial charge in [-0.15, -0.1) is 0 Å². The van der Waals surface area contributed by atoms with Crippen molar-refractivity contribution in [3.05, 3.63) is 33.8 Å². The van der Waals surface area contributed by atoms with Crippen LogP contribution in [0.1, 0.15) is 22.5 Å². The number of aromatic nitrogens is 2. The fourth-order valence-electron chi connectivity index (χ4n) is 1.80. The smallest absolute Gasteiger partial charge is 0.289 e. The van der Waals surface area contributed by atoms with E-state index in [0.29, 0.717) is 0 Å². The average molecular weight is 277 g/mol. The Morgan fingerprint density at radius 3 is 2.89 bits per heavy atom. The summed E-state index contributed by atoms with van der Waals surface area (Å²) in [4.78, 5) is 0. The fourth-order valence-corrected chi connectivity index (χ4v) is 2.66. The Bertz CT molecular complexity index is 605. The van der Waals surface area contributed by atoms with Crippen LogP contribution in [-0.4, -0.2) is 17.3 Å². The Morgan fingerprint density at radius 1 is 1.42 bits per heavy atom. The summed E-state index contributed by atoms with van der Waals surface area (Å²) in [5.41, 5.74) is 0.844. The van der Waals surface area contributed by atoms with Crippen LogP contribution in [0.4, 0.5) is 0 Å². The second-order valence-electron chi connectivity index (χ2n) is 4.03. The first-order valence-electron chi connectivity index (χ1n) is 6.06. The Hall–Kier alpha value is -1.88. The van der Waals surface area contributed by atoms with E-state index < -0.39 is 0 Å². The van der Waals surface area contributed by atoms with Gasteiger partial charge >= 0.3 is 0 Å². The summed E-state index contributed by atoms with van der Waals surface area (Å²) in [6.07, 6.45) is 3.92. The molecule has 1 heterocycles. The van der Waals surface area contributed by atoms with Crippen molar-refractivity contribution in [3.63, 3.8) is 0 Å². The van der Waals surface area contributed by atoms with Crippen molar-refractivity contribution in [1.29, 1.82) is 0 Å². The molecule has 0 saturated carbocycles. The zero-order chi connectivity index (χ0) is 13.8. The molecule has 1 aromatic carbocycles. The molecule has 100 valence electrons. The van der Waals surface area contributed by atoms with Crippen LogP contribution in [0.3, 0.4) is 0 Å². The molecule has 0 spiro atoms. The van der Waals surface area contributed by atoms with Gasteiger partial charge in [-0.3, -0.25) is 0 Å². The Morgan fingerprint density at radius 2 is 2.21 bits per heavy atom. The highest BCUT2D eigenvalue weighted by Gasteiger charge is 2.12. The molecule has 0 saturated heterocycles. The molecular formula is C14H17N2O2S+. The third-order valence-corrected chi connectivity index (χ3v) is 3.62. The molecule has 0 fully saturated rings. The van der Waals surface area contributed by atoms with Crippen LogP contribution in [0.5, 0.6) is 11.5 Å². The number of ether oxygens (including phenoxy) is 1. The second-order valence-corrected chi connectivity index (χ2v) is 5.25. The first-order valence-corrected chi connectivity index (χ1v) is 6.88. The number of aryl methyl sites for hydroxylation is 2. The Balaban J connectivity index is 2.34. The van der Waals surface area contributed by atoms with Crippen molar-refractivity contribution < 1.29 is 14.5 Å². The molecule has 0 amide bonds. The molecule has 0 aliphatic heterocycles. The largest absolute Gasteiger partial charge is 0.508 e. The van der Waals surface area contributed by atoms with Gasteiger partial charge in [0.2, 0.25) is 0 Å². The quantitative estimate of drug-likeness (QED) is 0.874. The van der Waals surface area contributed by atoms with Crippen molar-refractivity contribution in [3.8, 4) is 11.5 Å². The van der Waals surface area contributed by atoms with Crippen LogP contribution in [0, 0.1) is 6.92 Å². The van der Waals surface area contributed by atoms with Crippen LogP contribution in [0.2, 0.25) is 0 Å². The number of nitrogens with zero attached hydrogens (tertiary/aromatic N) is 2. The van der Waals surface area contributed by atoms with Gasteiger partial charge in [-0.05, 0) is 49.5 Å². The van der Waals surface area contributed by atoms with E-state index in [1.54, 1.807) is 36.6 Å². The average Bonchev–Trinajstić information content (AvgIpc) is 2.77. The van der Waals surface area contributed by atoms with Crippen LogP contribution >= 0.6 is 11.3 Å². The summed E-state index contributed by atoms with van der Waals surface area (Å²) in [6.45, 7) is 4.88. The predicted molar refractivity (Wildman–Crippen MR) is 76.3 cm³/mol. The maximum atomic E-state index is 9.53. The van der Waals surface area contributed by atoms with Crippen LogP contribution < -0.4 is 9.42 Å². The molecule has 0 unspecified atom stereocenters. The lowest BCUT2D eigenvalue weighted by Gasteiger charge is -2.04. The third kappa shape index (κ3) is 3.12. The van der Waals surface area contributed by atoms with E-state index in [4.69, 9.17) is 4.74 Å². The highest BCUT2D eigenvalue weighted by molar-refractivity contribution is 7.11. The standard InChI is InChI=1S/C14H16N2O2S/c1-4-16-14(19-10(2)15-16)8-5-11-9-12(17)6-7-13(11)18-3/h5-9H,4H2,1-3H3/p+1/b8-5+. The number of hydrogen-bond donors (Lipinski definition) is 1. The number of phenols is 1. The monoisotopic (exact) mass is 277 g/mol. The molecule has 2 aromatic rings. The van der Waals surface area contributed by atoms with Gasteiger partial charge in [-0.1, -0.05) is 4.68 Å². The molecule has 4 nitrogen and oxygen atoms in total. The van der Waals surface area contributed by atoms with Gasteiger partial charge in [-0.2, -0.15) is 0 Å². The maximum Gasteiger partial charge on any atom is 0.289 e. The number of methoxy groups -OCH3 is 1. The Labute approximate surface area is 116 Å². The highest BCUT2D eigenvalue weighted by atomic mass is 32.1. The molecule has 2 rings (SSSR count). The molecule has 0 radical (unpaired) electrons. The summed E-state index contributed by atoms with van der Waals surface area (Å²) < 4.78 is 7.22. The molecule has 19 heavy (non-hydrogen) atoms. The maximum absolute atomic E-state index is 9.53. The van der Waals surface area contributed by atoms with Crippen LogP contribution in [0.25, 0.3) is 12.2 Å². The minimum Gasteiger partial charge on any atom is -0.508 e. The molecular weight excluding hydrogens is 260 g/mol. The first-order chi connectivity index (χ1) is 9.13. The van der Waals surface area contributed by atoms with E-state index in [1.807, 2.05) is 23.8 Å². The summed E-state index contributed by atoms with van der Waals surface area (Å²) in [6, 6.07) is 5.04. The number of phenolic OH excluding ortho intramolecular Hbond substituents is 1. The van der Waals surface area contributed by atoms with Crippen molar-refractivity contribution in [2.24, 2.45) is 0 Å². The van der Waals surface area contributed by atoms with Gasteiger partial charge in [-0.25, -0.2) is 0 Å². The van der Waals surface area contributed by atoms with E-state index in [-0.39, 0.29) is 5.75 Å². The lowest BCUT2D eigenvalue weighted by atomic mass is 10.2. The van der Waals surface area contributed by atoms with Gasteiger partial charge < -0.3 is 9.84 Å². The topological polar surface area (TPSA) is 46.2 Å². The van der Waals surface area contributed by atoms with E-state index in [2.05, 4.69) is 12.0 Å². The van der Waals surface area contributed by atoms with E-state index in [1.165, 1.54) is 0 Å². The van der Waals surface area contributed by atoms with Crippen molar-refractivity contribution in [2.75, 3.05) is 7.11 Å². The SMILES string of the molecule is CC[n+]1nc(C)sc1/C=C/c1cc(O)ccc1OC. The van der Waals surface area contributed by atoms with Gasteiger partial charge in [0.15, 0.2) is 11.6 Å². The molecule has 0 bridgehead atoms. The molecule has 5 heteroatoms. The number of rotatable bonds is 4. The van der Waals surface area contributed by atoms with E-state index in [9.17, 15) is 5.11 Å². The number of benzene rings is 1. The normalized spacial score (nSPS) is 11.1. The molecule has 0 aliphatic carbocycles. The molecule has 0 aliphatic rings. The minimum atomic E-state index is 0.226. The predicted octanol–water partition coefficient (Wildman–Crippen LogP) is 2.64. The Kier molecular flexibility index (Phi) is 4.16. The van der Waals surface area contributed by atoms with Gasteiger partial charge in [0.1, 0.15) is 11.5 Å². The van der Waals surface area contributed by atoms with Crippen LogP contribution in [-0.2, 0) is 6.54 Å². The number of aromatic hydroxyl groups is 1. The number of hydrogen-bond acceptors (Lipinski definition) is 4. The molecule has 1 aromatic heterocycles. The minimum absolute atomic E-state index is 0.226. The third-order valence-electron chi connectivity index (χ3n) is 2.69. The summed E-state index contributed by atoms with van der Waals surface area (Å²) in [5.74, 6) is 0.961. The van der Waals surface area contributed by atoms with Gasteiger partial charge in [0, 0.05) is 16.7 Å². The molecule has 1 N–H and O–H groups in total. The van der Waals surface area contributed by atoms with Crippen LogP contribution in [0.15, 0.2) is 18.2 Å². The first kappa shape index (κ1) is 13.5. The fraction of sp³-hybridized carbons (Fsp3) is 0.286. The summed E-state index contributed by atoms with van der Waals surface area (Å²) in [7, 11) is 1.62. The zero-order valence-electron chi connectivity index (χ0n) is 11.3. The van der Waals surface area contributed by atoms with Crippen molar-refractivity contribution >= 4 is 23.5 Å². The van der Waals surface area contributed by atoms with Gasteiger partial charge in [0.05, 0.1) is 7.11 Å². The molecule has 0 atom stereocenters. The lowest BCUT2D eigenvalue weighted by Crippen LogP contribution is -2.36.